The second-order valence-corrected chi connectivity index (χ2v) is 5.80. The van der Waals surface area contributed by atoms with Gasteiger partial charge in [0.1, 0.15) is 5.69 Å². The maximum atomic E-state index is 12.5. The number of aryl methyl sites for hydroxylation is 1. The summed E-state index contributed by atoms with van der Waals surface area (Å²) in [5, 5.41) is 21.1. The van der Waals surface area contributed by atoms with Crippen molar-refractivity contribution in [3.63, 3.8) is 0 Å². The molecule has 8 nitrogen and oxygen atoms in total. The topological polar surface area (TPSA) is 104 Å². The fraction of sp³-hybridized carbons (Fsp3) is 0.692. The largest absolute Gasteiger partial charge is 0.336 e. The van der Waals surface area contributed by atoms with Gasteiger partial charge in [0, 0.05) is 26.2 Å². The maximum absolute atomic E-state index is 12.5. The third kappa shape index (κ3) is 2.80. The number of halogens is 1. The third-order valence-electron chi connectivity index (χ3n) is 4.37. The number of carbonyl (C=O) groups is 1. The van der Waals surface area contributed by atoms with Crippen molar-refractivity contribution in [2.45, 2.75) is 19.8 Å². The molecule has 0 bridgehead atoms. The molecule has 2 aliphatic rings. The number of carbonyl (C=O) groups excluding carboxylic acids is 1. The molecule has 0 aliphatic carbocycles. The zero-order valence-corrected chi connectivity index (χ0v) is 13.2. The first-order chi connectivity index (χ1) is 10.1. The van der Waals surface area contributed by atoms with Crippen LogP contribution < -0.4 is 5.32 Å². The molecule has 3 heterocycles. The summed E-state index contributed by atoms with van der Waals surface area (Å²) in [5.41, 5.74) is 0.236. The van der Waals surface area contributed by atoms with E-state index in [0.717, 1.165) is 19.5 Å². The smallest absolute Gasteiger partial charge is 0.322 e. The minimum absolute atomic E-state index is 0. The van der Waals surface area contributed by atoms with Gasteiger partial charge in [0.25, 0.3) is 5.91 Å². The van der Waals surface area contributed by atoms with Gasteiger partial charge in [-0.25, -0.2) is 0 Å². The van der Waals surface area contributed by atoms with E-state index in [2.05, 4.69) is 15.5 Å². The van der Waals surface area contributed by atoms with Crippen LogP contribution in [0.3, 0.4) is 0 Å². The minimum Gasteiger partial charge on any atom is -0.336 e. The molecule has 1 aromatic heterocycles. The van der Waals surface area contributed by atoms with Gasteiger partial charge in [-0.2, -0.15) is 5.10 Å². The lowest BCUT2D eigenvalue weighted by molar-refractivity contribution is -0.385. The number of aromatic nitrogens is 2. The van der Waals surface area contributed by atoms with Crippen molar-refractivity contribution in [1.82, 2.24) is 20.4 Å². The number of likely N-dealkylation sites (tertiary alicyclic amines) is 1. The van der Waals surface area contributed by atoms with Crippen LogP contribution in [0.25, 0.3) is 0 Å². The van der Waals surface area contributed by atoms with Gasteiger partial charge in [0.05, 0.1) is 4.92 Å². The van der Waals surface area contributed by atoms with Crippen LogP contribution in [0.15, 0.2) is 0 Å². The molecule has 0 spiro atoms. The highest BCUT2D eigenvalue weighted by Crippen LogP contribution is 2.30. The summed E-state index contributed by atoms with van der Waals surface area (Å²) in [7, 11) is 0. The Labute approximate surface area is 134 Å². The lowest BCUT2D eigenvalue weighted by atomic mass is 10.0. The molecule has 2 saturated heterocycles. The Morgan fingerprint density at radius 3 is 2.59 bits per heavy atom. The van der Waals surface area contributed by atoms with E-state index in [1.165, 1.54) is 0 Å². The first-order valence-corrected chi connectivity index (χ1v) is 7.33. The van der Waals surface area contributed by atoms with Gasteiger partial charge in [-0.1, -0.05) is 13.3 Å². The minimum atomic E-state index is -0.500. The average Bonchev–Trinajstić information content (AvgIpc) is 3.11. The summed E-state index contributed by atoms with van der Waals surface area (Å²) in [6.45, 7) is 5.07. The molecule has 2 N–H and O–H groups in total. The number of hydrogen-bond donors (Lipinski definition) is 2. The number of nitrogens with one attached hydrogen (secondary N) is 2. The third-order valence-corrected chi connectivity index (χ3v) is 4.37. The molecule has 9 heteroatoms. The van der Waals surface area contributed by atoms with E-state index in [9.17, 15) is 14.9 Å². The molecule has 2 atom stereocenters. The van der Waals surface area contributed by atoms with Gasteiger partial charge in [0.2, 0.25) is 5.69 Å². The van der Waals surface area contributed by atoms with Crippen LogP contribution in [0.2, 0.25) is 0 Å². The molecule has 0 unspecified atom stereocenters. The molecule has 0 saturated carbocycles. The zero-order chi connectivity index (χ0) is 15.0. The van der Waals surface area contributed by atoms with Gasteiger partial charge >= 0.3 is 5.69 Å². The van der Waals surface area contributed by atoms with Crippen LogP contribution in [0.4, 0.5) is 5.69 Å². The summed E-state index contributed by atoms with van der Waals surface area (Å²) < 4.78 is 0. The van der Waals surface area contributed by atoms with Gasteiger partial charge in [-0.05, 0) is 18.3 Å². The lowest BCUT2D eigenvalue weighted by Crippen LogP contribution is -2.32. The van der Waals surface area contributed by atoms with Crippen LogP contribution in [0.1, 0.15) is 29.5 Å². The Bertz CT molecular complexity index is 564. The molecule has 2 aliphatic heterocycles. The van der Waals surface area contributed by atoms with Crippen molar-refractivity contribution in [2.24, 2.45) is 11.8 Å². The molecule has 1 aromatic rings. The summed E-state index contributed by atoms with van der Waals surface area (Å²) in [6.07, 6.45) is 1.28. The van der Waals surface area contributed by atoms with E-state index >= 15 is 0 Å². The molecular weight excluding hydrogens is 310 g/mol. The fourth-order valence-corrected chi connectivity index (χ4v) is 3.31. The highest BCUT2D eigenvalue weighted by Gasteiger charge is 2.41. The van der Waals surface area contributed by atoms with Crippen LogP contribution >= 0.6 is 12.4 Å². The second-order valence-electron chi connectivity index (χ2n) is 5.80. The van der Waals surface area contributed by atoms with Crippen molar-refractivity contribution in [3.8, 4) is 0 Å². The number of fused-ring (bicyclic) bond motifs is 1. The van der Waals surface area contributed by atoms with Gasteiger partial charge in [0.15, 0.2) is 0 Å². The summed E-state index contributed by atoms with van der Waals surface area (Å²) >= 11 is 0. The lowest BCUT2D eigenvalue weighted by Gasteiger charge is -2.15. The normalized spacial score (nSPS) is 23.2. The van der Waals surface area contributed by atoms with Crippen LogP contribution in [-0.2, 0) is 6.42 Å². The van der Waals surface area contributed by atoms with Crippen LogP contribution in [0.5, 0.6) is 0 Å². The van der Waals surface area contributed by atoms with E-state index in [4.69, 9.17) is 0 Å². The predicted molar refractivity (Wildman–Crippen MR) is 82.2 cm³/mol. The Balaban J connectivity index is 0.00000176. The van der Waals surface area contributed by atoms with Crippen molar-refractivity contribution >= 4 is 24.0 Å². The number of rotatable bonds is 4. The second kappa shape index (κ2) is 6.62. The number of hydrogen-bond acceptors (Lipinski definition) is 5. The zero-order valence-electron chi connectivity index (χ0n) is 12.4. The van der Waals surface area contributed by atoms with Crippen LogP contribution in [0, 0.1) is 22.0 Å². The number of aromatic amines is 1. The van der Waals surface area contributed by atoms with Crippen molar-refractivity contribution in [2.75, 3.05) is 26.2 Å². The van der Waals surface area contributed by atoms with Gasteiger partial charge in [-0.3, -0.25) is 20.0 Å². The first-order valence-electron chi connectivity index (χ1n) is 7.33. The number of nitro groups is 1. The number of nitrogens with zero attached hydrogens (tertiary/aromatic N) is 3. The maximum Gasteiger partial charge on any atom is 0.322 e. The van der Waals surface area contributed by atoms with E-state index < -0.39 is 4.92 Å². The molecule has 122 valence electrons. The molecule has 2 fully saturated rings. The Kier molecular flexibility index (Phi) is 5.02. The molecule has 22 heavy (non-hydrogen) atoms. The number of amides is 1. The Morgan fingerprint density at radius 2 is 2.05 bits per heavy atom. The van der Waals surface area contributed by atoms with Crippen LogP contribution in [-0.4, -0.2) is 52.1 Å². The summed E-state index contributed by atoms with van der Waals surface area (Å²) in [5.74, 6) is 0.596. The van der Waals surface area contributed by atoms with E-state index in [1.54, 1.807) is 4.90 Å². The molecule has 3 rings (SSSR count). The highest BCUT2D eigenvalue weighted by atomic mass is 35.5. The highest BCUT2D eigenvalue weighted by molar-refractivity contribution is 5.96. The predicted octanol–water partition coefficient (Wildman–Crippen LogP) is 0.984. The SMILES string of the molecule is CCCc1[nH]nc(C(=O)N2C[C@H]3CNC[C@H]3C2)c1[N+](=O)[O-].Cl. The quantitative estimate of drug-likeness (QED) is 0.633. The van der Waals surface area contributed by atoms with Gasteiger partial charge < -0.3 is 10.2 Å². The fourth-order valence-electron chi connectivity index (χ4n) is 3.31. The molecule has 0 radical (unpaired) electrons. The average molecular weight is 330 g/mol. The monoisotopic (exact) mass is 329 g/mol. The summed E-state index contributed by atoms with van der Waals surface area (Å²) in [4.78, 5) is 25.0. The Morgan fingerprint density at radius 1 is 1.41 bits per heavy atom. The van der Waals surface area contributed by atoms with E-state index in [-0.39, 0.29) is 29.7 Å². The van der Waals surface area contributed by atoms with Crippen molar-refractivity contribution < 1.29 is 9.72 Å². The van der Waals surface area contributed by atoms with E-state index in [1.807, 2.05) is 6.92 Å². The molecule has 1 amide bonds. The molecule has 0 aromatic carbocycles. The standard InChI is InChI=1S/C13H19N5O3.ClH/c1-2-3-10-12(18(20)21)11(16-15-10)13(19)17-6-8-4-14-5-9(8)7-17;/h8-9,14H,2-7H2,1H3,(H,15,16);1H/t8-,9+;. The van der Waals surface area contributed by atoms with Gasteiger partial charge in [-0.15, -0.1) is 12.4 Å². The molecular formula is C13H20ClN5O3. The number of H-pyrrole nitrogens is 1. The summed E-state index contributed by atoms with van der Waals surface area (Å²) in [6, 6.07) is 0. The van der Waals surface area contributed by atoms with Crippen molar-refractivity contribution in [1.29, 1.82) is 0 Å². The Hall–Kier alpha value is -1.67. The van der Waals surface area contributed by atoms with Crippen molar-refractivity contribution in [3.05, 3.63) is 21.5 Å². The van der Waals surface area contributed by atoms with E-state index in [0.29, 0.717) is 37.0 Å². The first kappa shape index (κ1) is 16.7.